The average Bonchev–Trinajstić information content (AvgIpc) is 2.58. The normalized spacial score (nSPS) is 22.9. The SMILES string of the molecule is CCOC(=O)C1(O)CCc2ccc(C)cc21. The number of hydrogen-bond acceptors (Lipinski definition) is 3. The van der Waals surface area contributed by atoms with Gasteiger partial charge in [0.05, 0.1) is 6.61 Å². The van der Waals surface area contributed by atoms with Gasteiger partial charge < -0.3 is 9.84 Å². The van der Waals surface area contributed by atoms with Gasteiger partial charge in [-0.3, -0.25) is 0 Å². The summed E-state index contributed by atoms with van der Waals surface area (Å²) in [6, 6.07) is 5.84. The number of carbonyl (C=O) groups is 1. The van der Waals surface area contributed by atoms with E-state index in [0.717, 1.165) is 17.5 Å². The van der Waals surface area contributed by atoms with Gasteiger partial charge in [-0.25, -0.2) is 4.79 Å². The van der Waals surface area contributed by atoms with Gasteiger partial charge >= 0.3 is 5.97 Å². The molecular formula is C13H16O3. The lowest BCUT2D eigenvalue weighted by Gasteiger charge is -2.21. The van der Waals surface area contributed by atoms with Crippen molar-refractivity contribution in [3.8, 4) is 0 Å². The van der Waals surface area contributed by atoms with E-state index in [0.29, 0.717) is 18.6 Å². The third-order valence-electron chi connectivity index (χ3n) is 3.08. The second-order valence-corrected chi connectivity index (χ2v) is 4.24. The maximum absolute atomic E-state index is 11.8. The summed E-state index contributed by atoms with van der Waals surface area (Å²) in [6.45, 7) is 3.99. The second kappa shape index (κ2) is 3.91. The predicted molar refractivity (Wildman–Crippen MR) is 60.0 cm³/mol. The molecule has 1 aliphatic carbocycles. The van der Waals surface area contributed by atoms with Crippen LogP contribution in [-0.2, 0) is 21.6 Å². The van der Waals surface area contributed by atoms with Crippen molar-refractivity contribution in [3.63, 3.8) is 0 Å². The maximum Gasteiger partial charge on any atom is 0.342 e. The second-order valence-electron chi connectivity index (χ2n) is 4.24. The largest absolute Gasteiger partial charge is 0.464 e. The fourth-order valence-electron chi connectivity index (χ4n) is 2.21. The van der Waals surface area contributed by atoms with Crippen LogP contribution in [0.2, 0.25) is 0 Å². The van der Waals surface area contributed by atoms with Crippen molar-refractivity contribution in [2.24, 2.45) is 0 Å². The summed E-state index contributed by atoms with van der Waals surface area (Å²) in [5.74, 6) is -0.528. The van der Waals surface area contributed by atoms with E-state index >= 15 is 0 Å². The third kappa shape index (κ3) is 1.61. The van der Waals surface area contributed by atoms with Gasteiger partial charge in [0.25, 0.3) is 0 Å². The van der Waals surface area contributed by atoms with Crippen LogP contribution in [-0.4, -0.2) is 17.7 Å². The van der Waals surface area contributed by atoms with Gasteiger partial charge in [-0.05, 0) is 37.8 Å². The van der Waals surface area contributed by atoms with E-state index in [9.17, 15) is 9.90 Å². The quantitative estimate of drug-likeness (QED) is 0.771. The highest BCUT2D eigenvalue weighted by Crippen LogP contribution is 2.38. The zero-order valence-electron chi connectivity index (χ0n) is 9.62. The summed E-state index contributed by atoms with van der Waals surface area (Å²) in [4.78, 5) is 11.8. The van der Waals surface area contributed by atoms with Crippen LogP contribution in [0.4, 0.5) is 0 Å². The summed E-state index contributed by atoms with van der Waals surface area (Å²) in [5.41, 5.74) is 1.37. The van der Waals surface area contributed by atoms with Gasteiger partial charge in [-0.15, -0.1) is 0 Å². The van der Waals surface area contributed by atoms with Crippen LogP contribution in [0.5, 0.6) is 0 Å². The van der Waals surface area contributed by atoms with Crippen molar-refractivity contribution in [1.82, 2.24) is 0 Å². The number of esters is 1. The maximum atomic E-state index is 11.8. The molecule has 0 aromatic heterocycles. The Balaban J connectivity index is 2.41. The number of aryl methyl sites for hydroxylation is 2. The van der Waals surface area contributed by atoms with E-state index in [1.54, 1.807) is 6.92 Å². The molecule has 0 aliphatic heterocycles. The van der Waals surface area contributed by atoms with Crippen LogP contribution in [0.15, 0.2) is 18.2 Å². The van der Waals surface area contributed by atoms with E-state index in [1.165, 1.54) is 0 Å². The molecule has 0 saturated heterocycles. The van der Waals surface area contributed by atoms with Gasteiger partial charge in [0.1, 0.15) is 0 Å². The highest BCUT2D eigenvalue weighted by molar-refractivity contribution is 5.82. The molecule has 0 saturated carbocycles. The molecule has 1 aliphatic rings. The molecule has 2 rings (SSSR count). The van der Waals surface area contributed by atoms with Crippen LogP contribution in [0.25, 0.3) is 0 Å². The number of aliphatic hydroxyl groups is 1. The van der Waals surface area contributed by atoms with Crippen molar-refractivity contribution in [1.29, 1.82) is 0 Å². The van der Waals surface area contributed by atoms with Crippen LogP contribution >= 0.6 is 0 Å². The molecule has 0 amide bonds. The Bertz CT molecular complexity index is 425. The lowest BCUT2D eigenvalue weighted by atomic mass is 9.95. The van der Waals surface area contributed by atoms with E-state index in [1.807, 2.05) is 25.1 Å². The van der Waals surface area contributed by atoms with Crippen molar-refractivity contribution in [3.05, 3.63) is 34.9 Å². The number of benzene rings is 1. The van der Waals surface area contributed by atoms with Crippen molar-refractivity contribution >= 4 is 5.97 Å². The van der Waals surface area contributed by atoms with Gasteiger partial charge in [0.2, 0.25) is 0 Å². The van der Waals surface area contributed by atoms with E-state index in [2.05, 4.69) is 0 Å². The minimum Gasteiger partial charge on any atom is -0.464 e. The first-order valence-electron chi connectivity index (χ1n) is 5.57. The lowest BCUT2D eigenvalue weighted by Crippen LogP contribution is -2.35. The number of carbonyl (C=O) groups excluding carboxylic acids is 1. The van der Waals surface area contributed by atoms with Crippen LogP contribution in [0.1, 0.15) is 30.0 Å². The first-order chi connectivity index (χ1) is 7.58. The Morgan fingerprint density at radius 3 is 3.00 bits per heavy atom. The lowest BCUT2D eigenvalue weighted by molar-refractivity contribution is -0.166. The molecule has 0 radical (unpaired) electrons. The number of hydrogen-bond donors (Lipinski definition) is 1. The number of ether oxygens (including phenoxy) is 1. The molecule has 1 N–H and O–H groups in total. The Morgan fingerprint density at radius 2 is 2.31 bits per heavy atom. The molecule has 1 atom stereocenters. The molecule has 0 spiro atoms. The van der Waals surface area contributed by atoms with Crippen molar-refractivity contribution < 1.29 is 14.6 Å². The highest BCUT2D eigenvalue weighted by atomic mass is 16.5. The molecule has 3 nitrogen and oxygen atoms in total. The Hall–Kier alpha value is -1.35. The molecule has 0 fully saturated rings. The molecule has 0 heterocycles. The molecular weight excluding hydrogens is 204 g/mol. The number of rotatable bonds is 2. The Kier molecular flexibility index (Phi) is 2.72. The third-order valence-corrected chi connectivity index (χ3v) is 3.08. The molecule has 0 bridgehead atoms. The zero-order chi connectivity index (χ0) is 11.8. The summed E-state index contributed by atoms with van der Waals surface area (Å²) < 4.78 is 4.94. The molecule has 1 unspecified atom stereocenters. The summed E-state index contributed by atoms with van der Waals surface area (Å²) in [7, 11) is 0. The van der Waals surface area contributed by atoms with E-state index < -0.39 is 11.6 Å². The first kappa shape index (κ1) is 11.1. The van der Waals surface area contributed by atoms with E-state index in [-0.39, 0.29) is 0 Å². The number of fused-ring (bicyclic) bond motifs is 1. The van der Waals surface area contributed by atoms with Crippen molar-refractivity contribution in [2.75, 3.05) is 6.61 Å². The van der Waals surface area contributed by atoms with Crippen LogP contribution in [0, 0.1) is 6.92 Å². The van der Waals surface area contributed by atoms with Gasteiger partial charge in [0.15, 0.2) is 5.60 Å². The molecule has 16 heavy (non-hydrogen) atoms. The fraction of sp³-hybridized carbons (Fsp3) is 0.462. The van der Waals surface area contributed by atoms with Gasteiger partial charge in [-0.1, -0.05) is 23.8 Å². The van der Waals surface area contributed by atoms with Gasteiger partial charge in [0, 0.05) is 0 Å². The molecule has 1 aromatic rings. The van der Waals surface area contributed by atoms with Crippen molar-refractivity contribution in [2.45, 2.75) is 32.3 Å². The first-order valence-corrected chi connectivity index (χ1v) is 5.57. The van der Waals surface area contributed by atoms with Gasteiger partial charge in [-0.2, -0.15) is 0 Å². The highest BCUT2D eigenvalue weighted by Gasteiger charge is 2.44. The smallest absolute Gasteiger partial charge is 0.342 e. The standard InChI is InChI=1S/C13H16O3/c1-3-16-12(14)13(15)7-6-10-5-4-9(2)8-11(10)13/h4-5,8,15H,3,6-7H2,1-2H3. The van der Waals surface area contributed by atoms with Crippen LogP contribution in [0.3, 0.4) is 0 Å². The van der Waals surface area contributed by atoms with E-state index in [4.69, 9.17) is 4.74 Å². The Morgan fingerprint density at radius 1 is 1.56 bits per heavy atom. The topological polar surface area (TPSA) is 46.5 Å². The summed E-state index contributed by atoms with van der Waals surface area (Å²) >= 11 is 0. The minimum atomic E-state index is -1.43. The summed E-state index contributed by atoms with van der Waals surface area (Å²) in [6.07, 6.45) is 1.15. The minimum absolute atomic E-state index is 0.294. The Labute approximate surface area is 95.0 Å². The van der Waals surface area contributed by atoms with Crippen LogP contribution < -0.4 is 0 Å². The molecule has 86 valence electrons. The predicted octanol–water partition coefficient (Wildman–Crippen LogP) is 1.69. The monoisotopic (exact) mass is 220 g/mol. The molecule has 1 aromatic carbocycles. The molecule has 3 heteroatoms. The average molecular weight is 220 g/mol. The fourth-order valence-corrected chi connectivity index (χ4v) is 2.21. The summed E-state index contributed by atoms with van der Waals surface area (Å²) in [5, 5.41) is 10.4. The zero-order valence-corrected chi connectivity index (χ0v) is 9.62.